The van der Waals surface area contributed by atoms with E-state index in [1.165, 1.54) is 12.4 Å². The molecule has 0 unspecified atom stereocenters. The predicted octanol–water partition coefficient (Wildman–Crippen LogP) is 0.365. The van der Waals surface area contributed by atoms with Gasteiger partial charge in [-0.1, -0.05) is 6.07 Å². The predicted molar refractivity (Wildman–Crippen MR) is 86.2 cm³/mol. The SMILES string of the molecule is CNc1cc(C(=O)N(N)Cc2ccc3c(c2)NC(=O)CO3)ncn1. The van der Waals surface area contributed by atoms with Crippen LogP contribution in [-0.2, 0) is 11.3 Å². The van der Waals surface area contributed by atoms with Crippen LogP contribution < -0.4 is 21.2 Å². The zero-order valence-corrected chi connectivity index (χ0v) is 12.9. The first-order chi connectivity index (χ1) is 11.6. The number of ether oxygens (including phenoxy) is 1. The zero-order valence-electron chi connectivity index (χ0n) is 12.9. The first-order valence-corrected chi connectivity index (χ1v) is 7.19. The minimum absolute atomic E-state index is 0.00461. The fourth-order valence-corrected chi connectivity index (χ4v) is 2.26. The van der Waals surface area contributed by atoms with Crippen LogP contribution in [0, 0.1) is 0 Å². The van der Waals surface area contributed by atoms with Gasteiger partial charge in [0.1, 0.15) is 23.6 Å². The number of amides is 2. The van der Waals surface area contributed by atoms with Gasteiger partial charge in [0.2, 0.25) is 0 Å². The summed E-state index contributed by atoms with van der Waals surface area (Å²) in [4.78, 5) is 31.6. The highest BCUT2D eigenvalue weighted by Crippen LogP contribution is 2.28. The number of anilines is 2. The van der Waals surface area contributed by atoms with E-state index in [0.717, 1.165) is 10.6 Å². The molecule has 1 aliphatic heterocycles. The molecule has 1 aromatic heterocycles. The summed E-state index contributed by atoms with van der Waals surface area (Å²) in [6, 6.07) is 6.75. The Hall–Kier alpha value is -3.20. The normalized spacial score (nSPS) is 12.7. The fourth-order valence-electron chi connectivity index (χ4n) is 2.26. The molecule has 1 aromatic carbocycles. The van der Waals surface area contributed by atoms with Crippen molar-refractivity contribution in [3.8, 4) is 5.75 Å². The lowest BCUT2D eigenvalue weighted by molar-refractivity contribution is -0.118. The maximum absolute atomic E-state index is 12.3. The van der Waals surface area contributed by atoms with Gasteiger partial charge < -0.3 is 15.4 Å². The van der Waals surface area contributed by atoms with Crippen LogP contribution in [-0.4, -0.2) is 40.4 Å². The smallest absolute Gasteiger partial charge is 0.286 e. The van der Waals surface area contributed by atoms with Crippen LogP contribution in [0.3, 0.4) is 0 Å². The van der Waals surface area contributed by atoms with E-state index in [1.807, 2.05) is 0 Å². The molecule has 9 heteroatoms. The Morgan fingerprint density at radius 2 is 2.25 bits per heavy atom. The maximum atomic E-state index is 12.3. The Labute approximate surface area is 137 Å². The Bertz CT molecular complexity index is 795. The molecule has 124 valence electrons. The second-order valence-electron chi connectivity index (χ2n) is 5.14. The third kappa shape index (κ3) is 3.25. The summed E-state index contributed by atoms with van der Waals surface area (Å²) in [7, 11) is 1.69. The molecule has 2 aromatic rings. The molecule has 0 saturated carbocycles. The first-order valence-electron chi connectivity index (χ1n) is 7.19. The molecule has 24 heavy (non-hydrogen) atoms. The standard InChI is InChI=1S/C15H16N6O3/c1-17-13-5-11(18-8-19-13)15(23)21(16)6-9-2-3-12-10(4-9)20-14(22)7-24-12/h2-5,8H,6-7,16H2,1H3,(H,20,22)(H,17,18,19). The highest BCUT2D eigenvalue weighted by molar-refractivity contribution is 5.95. The van der Waals surface area contributed by atoms with Gasteiger partial charge in [-0.25, -0.2) is 15.8 Å². The number of benzene rings is 1. The molecule has 1 aliphatic rings. The molecule has 2 heterocycles. The van der Waals surface area contributed by atoms with Crippen molar-refractivity contribution in [3.05, 3.63) is 41.9 Å². The Balaban J connectivity index is 1.74. The number of nitrogens with two attached hydrogens (primary N) is 1. The second kappa shape index (κ2) is 6.50. The second-order valence-corrected chi connectivity index (χ2v) is 5.14. The average Bonchev–Trinajstić information content (AvgIpc) is 2.60. The quantitative estimate of drug-likeness (QED) is 0.421. The van der Waals surface area contributed by atoms with Gasteiger partial charge in [0, 0.05) is 13.1 Å². The molecule has 0 atom stereocenters. The van der Waals surface area contributed by atoms with Crippen molar-refractivity contribution in [1.82, 2.24) is 15.0 Å². The Kier molecular flexibility index (Phi) is 4.25. The van der Waals surface area contributed by atoms with Crippen molar-refractivity contribution in [2.24, 2.45) is 5.84 Å². The van der Waals surface area contributed by atoms with Crippen molar-refractivity contribution in [2.45, 2.75) is 6.54 Å². The minimum atomic E-state index is -0.438. The largest absolute Gasteiger partial charge is 0.482 e. The van der Waals surface area contributed by atoms with Crippen LogP contribution in [0.1, 0.15) is 16.1 Å². The number of fused-ring (bicyclic) bond motifs is 1. The van der Waals surface area contributed by atoms with Crippen molar-refractivity contribution in [2.75, 3.05) is 24.3 Å². The van der Waals surface area contributed by atoms with E-state index in [-0.39, 0.29) is 24.8 Å². The number of aromatic nitrogens is 2. The molecular formula is C15H16N6O3. The molecule has 0 spiro atoms. The number of carbonyl (C=O) groups excluding carboxylic acids is 2. The number of hydrogen-bond donors (Lipinski definition) is 3. The van der Waals surface area contributed by atoms with Gasteiger partial charge in [-0.3, -0.25) is 14.6 Å². The van der Waals surface area contributed by atoms with E-state index in [4.69, 9.17) is 10.6 Å². The molecule has 0 radical (unpaired) electrons. The third-order valence-corrected chi connectivity index (χ3v) is 3.43. The van der Waals surface area contributed by atoms with Crippen molar-refractivity contribution >= 4 is 23.3 Å². The molecule has 0 aliphatic carbocycles. The van der Waals surface area contributed by atoms with Crippen LogP contribution in [0.5, 0.6) is 5.75 Å². The van der Waals surface area contributed by atoms with Gasteiger partial charge in [-0.05, 0) is 17.7 Å². The molecule has 2 amide bonds. The minimum Gasteiger partial charge on any atom is -0.482 e. The number of rotatable bonds is 4. The van der Waals surface area contributed by atoms with E-state index in [9.17, 15) is 9.59 Å². The number of carbonyl (C=O) groups is 2. The van der Waals surface area contributed by atoms with Crippen LogP contribution in [0.4, 0.5) is 11.5 Å². The zero-order chi connectivity index (χ0) is 17.1. The van der Waals surface area contributed by atoms with E-state index in [2.05, 4.69) is 20.6 Å². The Morgan fingerprint density at radius 3 is 3.04 bits per heavy atom. The van der Waals surface area contributed by atoms with Gasteiger partial charge in [-0.15, -0.1) is 0 Å². The molecule has 3 rings (SSSR count). The lowest BCUT2D eigenvalue weighted by atomic mass is 10.1. The van der Waals surface area contributed by atoms with Crippen LogP contribution in [0.2, 0.25) is 0 Å². The fraction of sp³-hybridized carbons (Fsp3) is 0.200. The molecule has 0 saturated heterocycles. The lowest BCUT2D eigenvalue weighted by Gasteiger charge is -2.20. The van der Waals surface area contributed by atoms with Gasteiger partial charge >= 0.3 is 0 Å². The molecule has 0 bridgehead atoms. The van der Waals surface area contributed by atoms with Gasteiger partial charge in [0.25, 0.3) is 11.8 Å². The van der Waals surface area contributed by atoms with Crippen molar-refractivity contribution in [3.63, 3.8) is 0 Å². The third-order valence-electron chi connectivity index (χ3n) is 3.43. The number of nitrogens with one attached hydrogen (secondary N) is 2. The molecular weight excluding hydrogens is 312 g/mol. The van der Waals surface area contributed by atoms with E-state index in [1.54, 1.807) is 25.2 Å². The van der Waals surface area contributed by atoms with Crippen molar-refractivity contribution < 1.29 is 14.3 Å². The topological polar surface area (TPSA) is 122 Å². The van der Waals surface area contributed by atoms with Crippen LogP contribution in [0.25, 0.3) is 0 Å². The average molecular weight is 328 g/mol. The molecule has 9 nitrogen and oxygen atoms in total. The Morgan fingerprint density at radius 1 is 1.42 bits per heavy atom. The van der Waals surface area contributed by atoms with E-state index >= 15 is 0 Å². The van der Waals surface area contributed by atoms with Crippen LogP contribution >= 0.6 is 0 Å². The summed E-state index contributed by atoms with van der Waals surface area (Å²) >= 11 is 0. The maximum Gasteiger partial charge on any atom is 0.286 e. The summed E-state index contributed by atoms with van der Waals surface area (Å²) in [6.45, 7) is 0.149. The number of hydrogen-bond acceptors (Lipinski definition) is 7. The highest BCUT2D eigenvalue weighted by Gasteiger charge is 2.18. The summed E-state index contributed by atoms with van der Waals surface area (Å²) in [6.07, 6.45) is 1.29. The first kappa shape index (κ1) is 15.7. The van der Waals surface area contributed by atoms with Gasteiger partial charge in [-0.2, -0.15) is 0 Å². The summed E-state index contributed by atoms with van der Waals surface area (Å²) < 4.78 is 5.29. The monoisotopic (exact) mass is 328 g/mol. The lowest BCUT2D eigenvalue weighted by Crippen LogP contribution is -2.37. The van der Waals surface area contributed by atoms with Crippen molar-refractivity contribution in [1.29, 1.82) is 0 Å². The summed E-state index contributed by atoms with van der Waals surface area (Å²) in [5, 5.41) is 6.60. The van der Waals surface area contributed by atoms with Crippen LogP contribution in [0.15, 0.2) is 30.6 Å². The van der Waals surface area contributed by atoms with E-state index in [0.29, 0.717) is 17.3 Å². The number of hydrazine groups is 1. The number of nitrogens with zero attached hydrogens (tertiary/aromatic N) is 3. The van der Waals surface area contributed by atoms with E-state index < -0.39 is 5.91 Å². The summed E-state index contributed by atoms with van der Waals surface area (Å²) in [5.74, 6) is 6.31. The van der Waals surface area contributed by atoms with Gasteiger partial charge in [0.05, 0.1) is 12.2 Å². The highest BCUT2D eigenvalue weighted by atomic mass is 16.5. The van der Waals surface area contributed by atoms with Gasteiger partial charge in [0.15, 0.2) is 6.61 Å². The summed E-state index contributed by atoms with van der Waals surface area (Å²) in [5.41, 5.74) is 1.49. The molecule has 4 N–H and O–H groups in total. The molecule has 0 fully saturated rings.